The van der Waals surface area contributed by atoms with Crippen molar-refractivity contribution in [3.8, 4) is 0 Å². The zero-order chi connectivity index (χ0) is 12.2. The molecule has 0 aromatic heterocycles. The lowest BCUT2D eigenvalue weighted by Gasteiger charge is -2.26. The van der Waals surface area contributed by atoms with Crippen LogP contribution in [0.3, 0.4) is 0 Å². The third-order valence-corrected chi connectivity index (χ3v) is 3.24. The summed E-state index contributed by atoms with van der Waals surface area (Å²) in [5.41, 5.74) is 0.159. The molecule has 1 aromatic carbocycles. The zero-order valence-corrected chi connectivity index (χ0v) is 11.1. The van der Waals surface area contributed by atoms with Gasteiger partial charge >= 0.3 is 0 Å². The first-order valence-corrected chi connectivity index (χ1v) is 6.17. The maximum absolute atomic E-state index is 10.1. The van der Waals surface area contributed by atoms with Crippen LogP contribution in [0.25, 0.3) is 0 Å². The number of nitrogens with one attached hydrogen (secondary N) is 1. The van der Waals surface area contributed by atoms with Crippen LogP contribution >= 0.6 is 23.2 Å². The summed E-state index contributed by atoms with van der Waals surface area (Å²) in [6, 6.07) is 5.26. The first-order chi connectivity index (χ1) is 7.49. The van der Waals surface area contributed by atoms with Crippen molar-refractivity contribution in [2.75, 3.05) is 11.9 Å². The summed E-state index contributed by atoms with van der Waals surface area (Å²) in [7, 11) is 0. The van der Waals surface area contributed by atoms with Crippen molar-refractivity contribution in [1.82, 2.24) is 0 Å². The monoisotopic (exact) mass is 261 g/mol. The molecule has 0 bridgehead atoms. The number of anilines is 1. The van der Waals surface area contributed by atoms with Gasteiger partial charge in [0.1, 0.15) is 0 Å². The fourth-order valence-electron chi connectivity index (χ4n) is 1.42. The summed E-state index contributed by atoms with van der Waals surface area (Å²) >= 11 is 11.8. The molecule has 0 atom stereocenters. The minimum Gasteiger partial charge on any atom is -0.388 e. The lowest BCUT2D eigenvalue weighted by molar-refractivity contribution is 0.0457. The summed E-state index contributed by atoms with van der Waals surface area (Å²) < 4.78 is 0. The van der Waals surface area contributed by atoms with Crippen molar-refractivity contribution in [2.45, 2.75) is 32.3 Å². The molecule has 0 unspecified atom stereocenters. The van der Waals surface area contributed by atoms with Crippen LogP contribution in [-0.4, -0.2) is 17.3 Å². The Morgan fingerprint density at radius 1 is 1.12 bits per heavy atom. The van der Waals surface area contributed by atoms with E-state index in [9.17, 15) is 5.11 Å². The van der Waals surface area contributed by atoms with E-state index in [1.807, 2.05) is 13.8 Å². The van der Waals surface area contributed by atoms with Gasteiger partial charge in [0, 0.05) is 22.3 Å². The van der Waals surface area contributed by atoms with E-state index in [0.717, 1.165) is 5.69 Å². The number of hydrogen-bond acceptors (Lipinski definition) is 2. The summed E-state index contributed by atoms with van der Waals surface area (Å²) in [5.74, 6) is 0. The molecule has 0 heterocycles. The van der Waals surface area contributed by atoms with Crippen LogP contribution in [0.5, 0.6) is 0 Å². The molecular weight excluding hydrogens is 245 g/mol. The van der Waals surface area contributed by atoms with Crippen LogP contribution in [0.1, 0.15) is 26.7 Å². The third kappa shape index (κ3) is 3.85. The Balaban J connectivity index is 2.67. The van der Waals surface area contributed by atoms with Gasteiger partial charge < -0.3 is 10.4 Å². The minimum atomic E-state index is -0.672. The van der Waals surface area contributed by atoms with Crippen LogP contribution in [0.15, 0.2) is 18.2 Å². The normalized spacial score (nSPS) is 11.6. The van der Waals surface area contributed by atoms with Crippen molar-refractivity contribution in [3.63, 3.8) is 0 Å². The largest absolute Gasteiger partial charge is 0.388 e. The van der Waals surface area contributed by atoms with E-state index in [0.29, 0.717) is 29.4 Å². The predicted octanol–water partition coefficient (Wildman–Crippen LogP) is 3.96. The van der Waals surface area contributed by atoms with Gasteiger partial charge in [0.05, 0.1) is 5.60 Å². The van der Waals surface area contributed by atoms with Gasteiger partial charge in [0.15, 0.2) is 0 Å². The van der Waals surface area contributed by atoms with Crippen LogP contribution in [-0.2, 0) is 0 Å². The molecule has 1 rings (SSSR count). The Morgan fingerprint density at radius 2 is 1.62 bits per heavy atom. The highest BCUT2D eigenvalue weighted by atomic mass is 35.5. The van der Waals surface area contributed by atoms with E-state index in [2.05, 4.69) is 5.32 Å². The van der Waals surface area contributed by atoms with Gasteiger partial charge in [-0.25, -0.2) is 0 Å². The van der Waals surface area contributed by atoms with Crippen molar-refractivity contribution in [1.29, 1.82) is 0 Å². The molecule has 0 aliphatic carbocycles. The lowest BCUT2D eigenvalue weighted by Crippen LogP contribution is -2.35. The molecule has 4 heteroatoms. The van der Waals surface area contributed by atoms with Gasteiger partial charge in [-0.15, -0.1) is 0 Å². The van der Waals surface area contributed by atoms with Gasteiger partial charge in [-0.05, 0) is 31.0 Å². The maximum Gasteiger partial charge on any atom is 0.0814 e. The Bertz CT molecular complexity index is 331. The number of rotatable bonds is 5. The van der Waals surface area contributed by atoms with Gasteiger partial charge in [-0.2, -0.15) is 0 Å². The highest BCUT2D eigenvalue weighted by Gasteiger charge is 2.21. The van der Waals surface area contributed by atoms with Gasteiger partial charge in [-0.3, -0.25) is 0 Å². The van der Waals surface area contributed by atoms with Gasteiger partial charge in [0.2, 0.25) is 0 Å². The predicted molar refractivity (Wildman–Crippen MR) is 70.5 cm³/mol. The van der Waals surface area contributed by atoms with Crippen molar-refractivity contribution < 1.29 is 5.11 Å². The molecule has 1 aromatic rings. The summed E-state index contributed by atoms with van der Waals surface area (Å²) in [5, 5.41) is 14.4. The third-order valence-electron chi connectivity index (χ3n) is 2.80. The second-order valence-electron chi connectivity index (χ2n) is 3.94. The van der Waals surface area contributed by atoms with E-state index >= 15 is 0 Å². The number of benzene rings is 1. The maximum atomic E-state index is 10.1. The number of hydrogen-bond donors (Lipinski definition) is 2. The Hall–Kier alpha value is -0.440. The van der Waals surface area contributed by atoms with E-state index < -0.39 is 5.60 Å². The zero-order valence-electron chi connectivity index (χ0n) is 9.56. The Labute approximate surface area is 107 Å². The minimum absolute atomic E-state index is 0.497. The Kier molecular flexibility index (Phi) is 4.90. The smallest absolute Gasteiger partial charge is 0.0814 e. The second-order valence-corrected chi connectivity index (χ2v) is 4.82. The topological polar surface area (TPSA) is 32.3 Å². The van der Waals surface area contributed by atoms with Crippen molar-refractivity contribution in [3.05, 3.63) is 28.2 Å². The fourth-order valence-corrected chi connectivity index (χ4v) is 1.95. The highest BCUT2D eigenvalue weighted by Crippen LogP contribution is 2.23. The summed E-state index contributed by atoms with van der Waals surface area (Å²) in [6.45, 7) is 4.43. The number of halogens is 2. The molecule has 0 amide bonds. The molecule has 16 heavy (non-hydrogen) atoms. The summed E-state index contributed by atoms with van der Waals surface area (Å²) in [4.78, 5) is 0. The van der Waals surface area contributed by atoms with E-state index in [-0.39, 0.29) is 0 Å². The molecule has 0 radical (unpaired) electrons. The van der Waals surface area contributed by atoms with Crippen LogP contribution in [0.4, 0.5) is 5.69 Å². The standard InChI is InChI=1S/C12H17Cl2NO/c1-3-12(16,4-2)8-15-11-6-9(13)5-10(14)7-11/h5-7,15-16H,3-4,8H2,1-2H3. The average molecular weight is 262 g/mol. The highest BCUT2D eigenvalue weighted by molar-refractivity contribution is 6.35. The first kappa shape index (κ1) is 13.6. The molecule has 0 spiro atoms. The Morgan fingerprint density at radius 3 is 2.06 bits per heavy atom. The molecule has 2 N–H and O–H groups in total. The first-order valence-electron chi connectivity index (χ1n) is 5.41. The van der Waals surface area contributed by atoms with Gasteiger partial charge in [0.25, 0.3) is 0 Å². The van der Waals surface area contributed by atoms with Crippen LogP contribution < -0.4 is 5.32 Å². The molecule has 0 aliphatic rings. The SMILES string of the molecule is CCC(O)(CC)CNc1cc(Cl)cc(Cl)c1. The van der Waals surface area contributed by atoms with Crippen molar-refractivity contribution in [2.24, 2.45) is 0 Å². The molecule has 0 saturated carbocycles. The lowest BCUT2D eigenvalue weighted by atomic mass is 9.97. The molecule has 2 nitrogen and oxygen atoms in total. The van der Waals surface area contributed by atoms with E-state index in [4.69, 9.17) is 23.2 Å². The average Bonchev–Trinajstić information content (AvgIpc) is 2.25. The molecule has 90 valence electrons. The summed E-state index contributed by atoms with van der Waals surface area (Å²) in [6.07, 6.45) is 1.43. The molecule has 0 aliphatic heterocycles. The number of aliphatic hydroxyl groups is 1. The molecular formula is C12H17Cl2NO. The quantitative estimate of drug-likeness (QED) is 0.841. The van der Waals surface area contributed by atoms with E-state index in [1.54, 1.807) is 18.2 Å². The molecule has 0 saturated heterocycles. The fraction of sp³-hybridized carbons (Fsp3) is 0.500. The van der Waals surface area contributed by atoms with Crippen LogP contribution in [0, 0.1) is 0 Å². The second kappa shape index (κ2) is 5.76. The van der Waals surface area contributed by atoms with Gasteiger partial charge in [-0.1, -0.05) is 37.0 Å². The molecule has 0 fully saturated rings. The van der Waals surface area contributed by atoms with Crippen molar-refractivity contribution >= 4 is 28.9 Å². The van der Waals surface area contributed by atoms with Crippen LogP contribution in [0.2, 0.25) is 10.0 Å². The van der Waals surface area contributed by atoms with E-state index in [1.165, 1.54) is 0 Å².